The van der Waals surface area contributed by atoms with Crippen molar-refractivity contribution in [3.05, 3.63) is 60.8 Å². The summed E-state index contributed by atoms with van der Waals surface area (Å²) < 4.78 is 33.0. The maximum absolute atomic E-state index is 12.5. The van der Waals surface area contributed by atoms with E-state index in [1.807, 2.05) is 0 Å². The van der Waals surface area contributed by atoms with Gasteiger partial charge in [0.2, 0.25) is 0 Å². The molecular weight excluding hydrogens is 601 g/mol. The number of nitrogens with two attached hydrogens (primary N) is 1. The molecule has 0 rings (SSSR count). The third kappa shape index (κ3) is 33.6. The SMILES string of the molecule is CC/C=C\C/C=C\C/C=C\C/C=C\C/C=C\CCCCCCCC(=O)OC(COCCCCCCCC)COP(=O)(O)OCCN. The Bertz CT molecular complexity index is 885. The average molecular weight is 668 g/mol. The Morgan fingerprint density at radius 3 is 1.83 bits per heavy atom. The van der Waals surface area contributed by atoms with Gasteiger partial charge in [0, 0.05) is 19.6 Å². The van der Waals surface area contributed by atoms with E-state index in [0.29, 0.717) is 13.0 Å². The lowest BCUT2D eigenvalue weighted by Crippen LogP contribution is -2.28. The number of unbranched alkanes of at least 4 members (excludes halogenated alkanes) is 10. The molecule has 0 fully saturated rings. The Morgan fingerprint density at radius 2 is 1.22 bits per heavy atom. The molecule has 0 aliphatic carbocycles. The van der Waals surface area contributed by atoms with Gasteiger partial charge in [-0.2, -0.15) is 0 Å². The van der Waals surface area contributed by atoms with E-state index in [1.54, 1.807) is 0 Å². The van der Waals surface area contributed by atoms with Gasteiger partial charge in [-0.15, -0.1) is 0 Å². The van der Waals surface area contributed by atoms with Crippen molar-refractivity contribution in [2.24, 2.45) is 5.73 Å². The molecule has 0 heterocycles. The van der Waals surface area contributed by atoms with Gasteiger partial charge in [0.1, 0.15) is 6.10 Å². The monoisotopic (exact) mass is 667 g/mol. The number of phosphoric ester groups is 1. The molecule has 0 aromatic heterocycles. The summed E-state index contributed by atoms with van der Waals surface area (Å²) in [7, 11) is -4.27. The molecule has 46 heavy (non-hydrogen) atoms. The van der Waals surface area contributed by atoms with Crippen LogP contribution in [0.2, 0.25) is 0 Å². The number of carbonyl (C=O) groups excluding carboxylic acids is 1. The molecule has 3 N–H and O–H groups in total. The smallest absolute Gasteiger partial charge is 0.457 e. The zero-order valence-electron chi connectivity index (χ0n) is 29.0. The number of phosphoric acid groups is 1. The Kier molecular flexibility index (Phi) is 33.2. The quantitative estimate of drug-likeness (QED) is 0.0307. The number of hydrogen-bond donors (Lipinski definition) is 2. The van der Waals surface area contributed by atoms with E-state index in [-0.39, 0.29) is 32.3 Å². The molecule has 0 aromatic rings. The fourth-order valence-corrected chi connectivity index (χ4v) is 5.14. The second kappa shape index (κ2) is 34.5. The molecule has 0 aromatic carbocycles. The van der Waals surface area contributed by atoms with E-state index in [4.69, 9.17) is 24.3 Å². The van der Waals surface area contributed by atoms with Crippen LogP contribution in [0.4, 0.5) is 0 Å². The Morgan fingerprint density at radius 1 is 0.674 bits per heavy atom. The standard InChI is InChI=1S/C37H66NO7P/c1-3-5-7-9-11-12-13-14-15-16-17-18-19-20-21-22-23-24-25-26-28-30-37(39)45-36(35-44-46(40,41)43-33-31-38)34-42-32-29-27-10-8-6-4-2/h5,7,11-12,14-15,17-18,20-21,36H,3-4,6,8-10,13,16,19,22-35,38H2,1-2H3,(H,40,41)/b7-5-,12-11-,15-14-,18-17-,21-20-. The average Bonchev–Trinajstić information content (AvgIpc) is 3.04. The van der Waals surface area contributed by atoms with Crippen molar-refractivity contribution in [1.82, 2.24) is 0 Å². The van der Waals surface area contributed by atoms with Crippen LogP contribution < -0.4 is 5.73 Å². The predicted octanol–water partition coefficient (Wildman–Crippen LogP) is 9.85. The van der Waals surface area contributed by atoms with Crippen LogP contribution in [0.25, 0.3) is 0 Å². The maximum Gasteiger partial charge on any atom is 0.472 e. The van der Waals surface area contributed by atoms with E-state index in [0.717, 1.165) is 83.5 Å². The highest BCUT2D eigenvalue weighted by Gasteiger charge is 2.25. The van der Waals surface area contributed by atoms with Crippen LogP contribution in [0.15, 0.2) is 60.8 Å². The van der Waals surface area contributed by atoms with E-state index < -0.39 is 13.9 Å². The van der Waals surface area contributed by atoms with Crippen molar-refractivity contribution in [2.45, 2.75) is 136 Å². The van der Waals surface area contributed by atoms with Crippen molar-refractivity contribution in [1.29, 1.82) is 0 Å². The van der Waals surface area contributed by atoms with E-state index in [9.17, 15) is 14.3 Å². The van der Waals surface area contributed by atoms with Crippen molar-refractivity contribution in [3.63, 3.8) is 0 Å². The van der Waals surface area contributed by atoms with Gasteiger partial charge in [-0.1, -0.05) is 126 Å². The summed E-state index contributed by atoms with van der Waals surface area (Å²) in [6.45, 7) is 4.70. The van der Waals surface area contributed by atoms with Crippen LogP contribution in [0.3, 0.4) is 0 Å². The third-order valence-corrected chi connectivity index (χ3v) is 7.93. The van der Waals surface area contributed by atoms with Crippen molar-refractivity contribution in [3.8, 4) is 0 Å². The fraction of sp³-hybridized carbons (Fsp3) is 0.703. The molecule has 0 bridgehead atoms. The van der Waals surface area contributed by atoms with Gasteiger partial charge in [-0.25, -0.2) is 4.57 Å². The number of hydrogen-bond acceptors (Lipinski definition) is 7. The molecule has 0 aliphatic rings. The van der Waals surface area contributed by atoms with Crippen LogP contribution in [-0.2, 0) is 27.9 Å². The van der Waals surface area contributed by atoms with E-state index in [1.165, 1.54) is 25.7 Å². The Hall–Kier alpha value is -1.80. The molecule has 2 unspecified atom stereocenters. The normalized spacial score (nSPS) is 14.4. The van der Waals surface area contributed by atoms with Gasteiger partial charge in [0.05, 0.1) is 19.8 Å². The van der Waals surface area contributed by atoms with Crippen molar-refractivity contribution >= 4 is 13.8 Å². The van der Waals surface area contributed by atoms with E-state index in [2.05, 4.69) is 74.6 Å². The lowest BCUT2D eigenvalue weighted by atomic mass is 10.1. The highest BCUT2D eigenvalue weighted by molar-refractivity contribution is 7.47. The highest BCUT2D eigenvalue weighted by Crippen LogP contribution is 2.43. The van der Waals surface area contributed by atoms with Crippen LogP contribution in [0.5, 0.6) is 0 Å². The molecule has 0 spiro atoms. The molecule has 8 nitrogen and oxygen atoms in total. The molecule has 0 saturated carbocycles. The zero-order valence-corrected chi connectivity index (χ0v) is 29.9. The van der Waals surface area contributed by atoms with Gasteiger partial charge < -0.3 is 20.1 Å². The van der Waals surface area contributed by atoms with Gasteiger partial charge >= 0.3 is 13.8 Å². The van der Waals surface area contributed by atoms with Crippen molar-refractivity contribution < 1.29 is 32.8 Å². The number of carbonyl (C=O) groups is 1. The lowest BCUT2D eigenvalue weighted by molar-refractivity contribution is -0.154. The maximum atomic E-state index is 12.5. The van der Waals surface area contributed by atoms with Crippen LogP contribution >= 0.6 is 7.82 Å². The zero-order chi connectivity index (χ0) is 33.8. The number of rotatable bonds is 33. The first-order chi connectivity index (χ1) is 22.4. The first-order valence-corrected chi connectivity index (χ1v) is 19.3. The highest BCUT2D eigenvalue weighted by atomic mass is 31.2. The molecule has 0 aliphatic heterocycles. The summed E-state index contributed by atoms with van der Waals surface area (Å²) in [6, 6.07) is 0. The minimum absolute atomic E-state index is 0.0943. The Balaban J connectivity index is 4.06. The van der Waals surface area contributed by atoms with E-state index >= 15 is 0 Å². The molecule has 0 radical (unpaired) electrons. The minimum Gasteiger partial charge on any atom is -0.457 e. The summed E-state index contributed by atoms with van der Waals surface area (Å²) >= 11 is 0. The summed E-state index contributed by atoms with van der Waals surface area (Å²) in [5.41, 5.74) is 5.33. The van der Waals surface area contributed by atoms with Gasteiger partial charge in [0.25, 0.3) is 0 Å². The second-order valence-corrected chi connectivity index (χ2v) is 12.8. The summed E-state index contributed by atoms with van der Waals surface area (Å²) in [4.78, 5) is 22.2. The number of ether oxygens (including phenoxy) is 2. The minimum atomic E-state index is -4.27. The molecular formula is C37H66NO7P. The van der Waals surface area contributed by atoms with Crippen LogP contribution in [0.1, 0.15) is 129 Å². The molecule has 0 amide bonds. The topological polar surface area (TPSA) is 117 Å². The van der Waals surface area contributed by atoms with Crippen molar-refractivity contribution in [2.75, 3.05) is 33.0 Å². The summed E-state index contributed by atoms with van der Waals surface area (Å²) in [5, 5.41) is 0. The number of allylic oxidation sites excluding steroid dienone is 10. The number of esters is 1. The first kappa shape index (κ1) is 44.2. The fourth-order valence-electron chi connectivity index (χ4n) is 4.37. The summed E-state index contributed by atoms with van der Waals surface area (Å²) in [5.74, 6) is -0.355. The van der Waals surface area contributed by atoms with Gasteiger partial charge in [-0.3, -0.25) is 13.8 Å². The van der Waals surface area contributed by atoms with Gasteiger partial charge in [-0.05, 0) is 57.8 Å². The Labute approximate surface area is 281 Å². The lowest BCUT2D eigenvalue weighted by Gasteiger charge is -2.20. The van der Waals surface area contributed by atoms with Crippen LogP contribution in [-0.4, -0.2) is 49.9 Å². The molecule has 266 valence electrons. The summed E-state index contributed by atoms with van der Waals surface area (Å²) in [6.07, 6.45) is 39.6. The van der Waals surface area contributed by atoms with Gasteiger partial charge in [0.15, 0.2) is 0 Å². The second-order valence-electron chi connectivity index (χ2n) is 11.4. The third-order valence-electron chi connectivity index (χ3n) is 6.95. The largest absolute Gasteiger partial charge is 0.472 e. The molecule has 9 heteroatoms. The first-order valence-electron chi connectivity index (χ1n) is 17.8. The molecule has 0 saturated heterocycles. The predicted molar refractivity (Wildman–Crippen MR) is 192 cm³/mol. The van der Waals surface area contributed by atoms with Crippen LogP contribution in [0, 0.1) is 0 Å². The molecule has 2 atom stereocenters.